The molecule has 1 amide bonds. The first-order valence-corrected chi connectivity index (χ1v) is 16.1. The highest BCUT2D eigenvalue weighted by Crippen LogP contribution is 2.29. The number of carbonyl (C=O) groups excluding carboxylic acids is 1. The number of rotatable bonds is 15. The molecule has 1 atom stereocenters. The molecular formula is C29H38N2O4Si. The van der Waals surface area contributed by atoms with Crippen LogP contribution in [0.5, 0.6) is 5.75 Å². The minimum absolute atomic E-state index is 0.113. The molecular weight excluding hydrogens is 468 g/mol. The average molecular weight is 507 g/mol. The van der Waals surface area contributed by atoms with Crippen LogP contribution in [0.3, 0.4) is 0 Å². The first-order valence-electron chi connectivity index (χ1n) is 12.4. The molecule has 0 aromatic heterocycles. The molecule has 3 rings (SSSR count). The highest BCUT2D eigenvalue weighted by molar-refractivity contribution is 6.76. The summed E-state index contributed by atoms with van der Waals surface area (Å²) in [4.78, 5) is 13.4. The molecule has 0 aliphatic carbocycles. The van der Waals surface area contributed by atoms with Crippen LogP contribution in [0.15, 0.2) is 78.9 Å². The standard InChI is InChI=1S/C29H38N2O4Si/c1-36(2,3)17-16-34-23-35-29-15-14-26(18-27(29)30-22-32)28(33)21-31(19-24-10-6-4-7-11-24)20-25-12-8-5-9-13-25/h4-15,18,22,28,33H,16-17,19-21,23H2,1-3H3,(H,30,32). The Morgan fingerprint density at radius 3 is 2.11 bits per heavy atom. The summed E-state index contributed by atoms with van der Waals surface area (Å²) in [6.45, 7) is 9.52. The Morgan fingerprint density at radius 2 is 1.56 bits per heavy atom. The zero-order chi connectivity index (χ0) is 25.8. The van der Waals surface area contributed by atoms with Gasteiger partial charge in [-0.1, -0.05) is 86.4 Å². The van der Waals surface area contributed by atoms with Crippen molar-refractivity contribution < 1.29 is 19.4 Å². The second kappa shape index (κ2) is 13.9. The minimum Gasteiger partial charge on any atom is -0.465 e. The summed E-state index contributed by atoms with van der Waals surface area (Å²) in [5.74, 6) is 0.511. The molecule has 0 aliphatic rings. The van der Waals surface area contributed by atoms with Crippen molar-refractivity contribution in [1.82, 2.24) is 4.90 Å². The summed E-state index contributed by atoms with van der Waals surface area (Å²) in [7, 11) is -1.16. The van der Waals surface area contributed by atoms with Crippen molar-refractivity contribution in [3.63, 3.8) is 0 Å². The predicted molar refractivity (Wildman–Crippen MR) is 148 cm³/mol. The van der Waals surface area contributed by atoms with Gasteiger partial charge in [0.2, 0.25) is 6.41 Å². The van der Waals surface area contributed by atoms with Crippen LogP contribution in [0, 0.1) is 0 Å². The first-order chi connectivity index (χ1) is 17.3. The molecule has 0 radical (unpaired) electrons. The van der Waals surface area contributed by atoms with Gasteiger partial charge in [0.15, 0.2) is 6.79 Å². The van der Waals surface area contributed by atoms with E-state index in [2.05, 4.69) is 54.1 Å². The molecule has 36 heavy (non-hydrogen) atoms. The van der Waals surface area contributed by atoms with Crippen molar-refractivity contribution >= 4 is 20.2 Å². The van der Waals surface area contributed by atoms with Crippen molar-refractivity contribution in [2.45, 2.75) is 44.9 Å². The number of hydrogen-bond acceptors (Lipinski definition) is 5. The number of benzene rings is 3. The summed E-state index contributed by atoms with van der Waals surface area (Å²) in [6.07, 6.45) is -0.131. The third-order valence-corrected chi connectivity index (χ3v) is 7.53. The quantitative estimate of drug-likeness (QED) is 0.120. The minimum atomic E-state index is -1.16. The van der Waals surface area contributed by atoms with E-state index in [4.69, 9.17) is 9.47 Å². The number of ether oxygens (including phenoxy) is 2. The number of aliphatic hydroxyl groups excluding tert-OH is 1. The summed E-state index contributed by atoms with van der Waals surface area (Å²) >= 11 is 0. The number of hydrogen-bond donors (Lipinski definition) is 2. The molecule has 0 heterocycles. The molecule has 192 valence electrons. The smallest absolute Gasteiger partial charge is 0.211 e. The normalized spacial score (nSPS) is 12.4. The zero-order valence-corrected chi connectivity index (χ0v) is 22.5. The van der Waals surface area contributed by atoms with Crippen LogP contribution in [0.4, 0.5) is 5.69 Å². The first kappa shape index (κ1) is 27.6. The van der Waals surface area contributed by atoms with E-state index in [0.29, 0.717) is 49.7 Å². The summed E-state index contributed by atoms with van der Waals surface area (Å²) in [5.41, 5.74) is 3.58. The van der Waals surface area contributed by atoms with E-state index in [0.717, 1.165) is 6.04 Å². The van der Waals surface area contributed by atoms with Gasteiger partial charge < -0.3 is 19.9 Å². The van der Waals surface area contributed by atoms with Crippen LogP contribution in [-0.2, 0) is 22.6 Å². The Hall–Kier alpha value is -2.97. The Morgan fingerprint density at radius 1 is 0.944 bits per heavy atom. The molecule has 0 spiro atoms. The third-order valence-electron chi connectivity index (χ3n) is 5.83. The molecule has 2 N–H and O–H groups in total. The molecule has 3 aromatic rings. The Bertz CT molecular complexity index is 1020. The monoisotopic (exact) mass is 506 g/mol. The van der Waals surface area contributed by atoms with Gasteiger partial charge in [-0.05, 0) is 34.9 Å². The van der Waals surface area contributed by atoms with Crippen LogP contribution in [0.25, 0.3) is 0 Å². The van der Waals surface area contributed by atoms with E-state index in [-0.39, 0.29) is 6.79 Å². The molecule has 1 unspecified atom stereocenters. The van der Waals surface area contributed by atoms with Crippen molar-refractivity contribution in [1.29, 1.82) is 0 Å². The van der Waals surface area contributed by atoms with Gasteiger partial charge in [0.05, 0.1) is 11.8 Å². The SMILES string of the molecule is C[Si](C)(C)CCOCOc1ccc(C(O)CN(Cc2ccccc2)Cc2ccccc2)cc1NC=O. The third kappa shape index (κ3) is 9.58. The second-order valence-corrected chi connectivity index (χ2v) is 15.8. The van der Waals surface area contributed by atoms with Crippen molar-refractivity contribution in [3.8, 4) is 5.75 Å². The molecule has 0 fully saturated rings. The molecule has 6 nitrogen and oxygen atoms in total. The molecule has 7 heteroatoms. The lowest BCUT2D eigenvalue weighted by Gasteiger charge is -2.26. The summed E-state index contributed by atoms with van der Waals surface area (Å²) in [6, 6.07) is 26.9. The van der Waals surface area contributed by atoms with E-state index < -0.39 is 14.2 Å². The lowest BCUT2D eigenvalue weighted by molar-refractivity contribution is -0.105. The van der Waals surface area contributed by atoms with Crippen molar-refractivity contribution in [2.75, 3.05) is 25.3 Å². The van der Waals surface area contributed by atoms with Crippen LogP contribution in [-0.4, -0.2) is 44.4 Å². The van der Waals surface area contributed by atoms with Crippen LogP contribution >= 0.6 is 0 Å². The van der Waals surface area contributed by atoms with Gasteiger partial charge in [0, 0.05) is 34.3 Å². The van der Waals surface area contributed by atoms with Gasteiger partial charge in [-0.15, -0.1) is 0 Å². The van der Waals surface area contributed by atoms with Crippen LogP contribution < -0.4 is 10.1 Å². The molecule has 0 aliphatic heterocycles. The van der Waals surface area contributed by atoms with Crippen LogP contribution in [0.2, 0.25) is 25.7 Å². The van der Waals surface area contributed by atoms with E-state index >= 15 is 0 Å². The lowest BCUT2D eigenvalue weighted by atomic mass is 10.1. The maximum Gasteiger partial charge on any atom is 0.211 e. The van der Waals surface area contributed by atoms with Gasteiger partial charge in [0.25, 0.3) is 0 Å². The van der Waals surface area contributed by atoms with Gasteiger partial charge in [-0.3, -0.25) is 9.69 Å². The fourth-order valence-corrected chi connectivity index (χ4v) is 4.57. The Balaban J connectivity index is 1.67. The van der Waals surface area contributed by atoms with E-state index in [1.54, 1.807) is 12.1 Å². The average Bonchev–Trinajstić information content (AvgIpc) is 2.85. The fourth-order valence-electron chi connectivity index (χ4n) is 3.82. The zero-order valence-electron chi connectivity index (χ0n) is 21.5. The predicted octanol–water partition coefficient (Wildman–Crippen LogP) is 5.68. The number of aliphatic hydroxyl groups is 1. The number of amides is 1. The van der Waals surface area contributed by atoms with E-state index in [1.165, 1.54) is 11.1 Å². The summed E-state index contributed by atoms with van der Waals surface area (Å²) < 4.78 is 11.4. The Labute approximate surface area is 215 Å². The number of carbonyl (C=O) groups is 1. The van der Waals surface area contributed by atoms with Gasteiger partial charge in [0.1, 0.15) is 5.75 Å². The molecule has 0 bridgehead atoms. The Kier molecular flexibility index (Phi) is 10.7. The number of nitrogens with one attached hydrogen (secondary N) is 1. The largest absolute Gasteiger partial charge is 0.465 e. The fraction of sp³-hybridized carbons (Fsp3) is 0.345. The number of nitrogens with zero attached hydrogens (tertiary/aromatic N) is 1. The van der Waals surface area contributed by atoms with Gasteiger partial charge >= 0.3 is 0 Å². The van der Waals surface area contributed by atoms with Crippen molar-refractivity contribution in [2.24, 2.45) is 0 Å². The van der Waals surface area contributed by atoms with E-state index in [1.807, 2.05) is 42.5 Å². The highest BCUT2D eigenvalue weighted by Gasteiger charge is 2.17. The van der Waals surface area contributed by atoms with Gasteiger partial charge in [-0.2, -0.15) is 0 Å². The topological polar surface area (TPSA) is 71.0 Å². The molecule has 3 aromatic carbocycles. The van der Waals surface area contributed by atoms with Gasteiger partial charge in [-0.25, -0.2) is 0 Å². The maximum absolute atomic E-state index is 11.2. The molecule has 0 saturated heterocycles. The van der Waals surface area contributed by atoms with Crippen LogP contribution in [0.1, 0.15) is 22.8 Å². The maximum atomic E-state index is 11.2. The molecule has 0 saturated carbocycles. The summed E-state index contributed by atoms with van der Waals surface area (Å²) in [5, 5.41) is 13.8. The second-order valence-electron chi connectivity index (χ2n) is 10.2. The number of anilines is 1. The highest BCUT2D eigenvalue weighted by atomic mass is 28.3. The lowest BCUT2D eigenvalue weighted by Crippen LogP contribution is -2.28. The van der Waals surface area contributed by atoms with Crippen molar-refractivity contribution in [3.05, 3.63) is 95.6 Å². The van der Waals surface area contributed by atoms with E-state index in [9.17, 15) is 9.90 Å².